The average molecular weight is 260 g/mol. The maximum atomic E-state index is 6.21. The van der Waals surface area contributed by atoms with E-state index in [-0.39, 0.29) is 6.04 Å². The molecule has 3 nitrogen and oxygen atoms in total. The van der Waals surface area contributed by atoms with Gasteiger partial charge in [0.05, 0.1) is 17.9 Å². The summed E-state index contributed by atoms with van der Waals surface area (Å²) in [5, 5.41) is 4.30. The lowest BCUT2D eigenvalue weighted by atomic mass is 10.1. The van der Waals surface area contributed by atoms with Crippen molar-refractivity contribution in [2.75, 3.05) is 5.32 Å². The van der Waals surface area contributed by atoms with Crippen LogP contribution in [0.5, 0.6) is 0 Å². The zero-order chi connectivity index (χ0) is 12.5. The van der Waals surface area contributed by atoms with Crippen LogP contribution in [0, 0.1) is 6.92 Å². The molecule has 92 valence electrons. The van der Waals surface area contributed by atoms with Crippen molar-refractivity contribution in [3.8, 4) is 0 Å². The van der Waals surface area contributed by atoms with Crippen molar-refractivity contribution < 1.29 is 0 Å². The fourth-order valence-electron chi connectivity index (χ4n) is 2.47. The number of fused-ring (bicyclic) bond motifs is 1. The zero-order valence-electron chi connectivity index (χ0n) is 10.2. The summed E-state index contributed by atoms with van der Waals surface area (Å²) in [6.07, 6.45) is 5.58. The van der Waals surface area contributed by atoms with E-state index in [0.717, 1.165) is 29.4 Å². The monoisotopic (exact) mass is 259 g/mol. The summed E-state index contributed by atoms with van der Waals surface area (Å²) in [4.78, 5) is 8.57. The van der Waals surface area contributed by atoms with E-state index in [1.165, 1.54) is 11.1 Å². The fourth-order valence-corrected chi connectivity index (χ4v) is 2.75. The summed E-state index contributed by atoms with van der Waals surface area (Å²) in [6, 6.07) is 6.38. The molecule has 1 aromatic heterocycles. The van der Waals surface area contributed by atoms with Gasteiger partial charge in [0.25, 0.3) is 0 Å². The molecule has 1 aromatic carbocycles. The molecule has 1 aliphatic carbocycles. The molecule has 1 unspecified atom stereocenters. The van der Waals surface area contributed by atoms with Crippen molar-refractivity contribution in [3.63, 3.8) is 0 Å². The van der Waals surface area contributed by atoms with Crippen LogP contribution in [0.3, 0.4) is 0 Å². The fraction of sp³-hybridized carbons (Fsp3) is 0.286. The first-order chi connectivity index (χ1) is 8.74. The smallest absolute Gasteiger partial charge is 0.145 e. The van der Waals surface area contributed by atoms with Gasteiger partial charge in [-0.05, 0) is 37.0 Å². The Hall–Kier alpha value is -1.61. The van der Waals surface area contributed by atoms with Gasteiger partial charge in [0.15, 0.2) is 0 Å². The van der Waals surface area contributed by atoms with Gasteiger partial charge in [-0.3, -0.25) is 4.98 Å². The van der Waals surface area contributed by atoms with Crippen LogP contribution in [0.2, 0.25) is 5.02 Å². The van der Waals surface area contributed by atoms with Crippen molar-refractivity contribution in [1.29, 1.82) is 0 Å². The van der Waals surface area contributed by atoms with Crippen molar-refractivity contribution >= 4 is 17.4 Å². The molecule has 0 fully saturated rings. The van der Waals surface area contributed by atoms with E-state index >= 15 is 0 Å². The van der Waals surface area contributed by atoms with Gasteiger partial charge in [-0.2, -0.15) is 0 Å². The summed E-state index contributed by atoms with van der Waals surface area (Å²) in [6.45, 7) is 1.94. The van der Waals surface area contributed by atoms with Crippen LogP contribution >= 0.6 is 11.6 Å². The minimum atomic E-state index is 0.287. The third-order valence-corrected chi connectivity index (χ3v) is 3.64. The maximum absolute atomic E-state index is 6.21. The lowest BCUT2D eigenvalue weighted by molar-refractivity contribution is 0.755. The van der Waals surface area contributed by atoms with E-state index in [2.05, 4.69) is 21.4 Å². The molecule has 1 atom stereocenters. The highest BCUT2D eigenvalue weighted by Crippen LogP contribution is 2.36. The molecule has 0 aliphatic heterocycles. The van der Waals surface area contributed by atoms with Gasteiger partial charge in [-0.15, -0.1) is 0 Å². The van der Waals surface area contributed by atoms with Crippen LogP contribution in [-0.4, -0.2) is 9.97 Å². The van der Waals surface area contributed by atoms with Gasteiger partial charge in [0, 0.05) is 11.2 Å². The number of benzene rings is 1. The van der Waals surface area contributed by atoms with Gasteiger partial charge < -0.3 is 5.32 Å². The van der Waals surface area contributed by atoms with Crippen LogP contribution in [-0.2, 0) is 6.42 Å². The minimum Gasteiger partial charge on any atom is -0.362 e. The molecule has 0 spiro atoms. The minimum absolute atomic E-state index is 0.287. The first-order valence-corrected chi connectivity index (χ1v) is 6.44. The Morgan fingerprint density at radius 2 is 2.22 bits per heavy atom. The second-order valence-corrected chi connectivity index (χ2v) is 5.00. The Morgan fingerprint density at radius 3 is 3.06 bits per heavy atom. The van der Waals surface area contributed by atoms with Crippen molar-refractivity contribution in [2.45, 2.75) is 25.8 Å². The highest BCUT2D eigenvalue weighted by atomic mass is 35.5. The molecule has 3 rings (SSSR count). The number of rotatable bonds is 2. The van der Waals surface area contributed by atoms with E-state index in [9.17, 15) is 0 Å². The Labute approximate surface area is 111 Å². The highest BCUT2D eigenvalue weighted by Gasteiger charge is 2.24. The van der Waals surface area contributed by atoms with E-state index in [1.807, 2.05) is 19.1 Å². The normalized spacial score (nSPS) is 17.6. The Bertz CT molecular complexity index is 583. The standard InChI is InChI=1S/C14H14ClN3/c1-9-7-16-8-14(17-9)18-13-6-5-10-11(13)3-2-4-12(10)15/h2-4,7-8,13H,5-6H2,1H3,(H,17,18). The molecule has 0 radical (unpaired) electrons. The number of hydrogen-bond donors (Lipinski definition) is 1. The first kappa shape index (κ1) is 11.5. The summed E-state index contributed by atoms with van der Waals surface area (Å²) in [7, 11) is 0. The van der Waals surface area contributed by atoms with Crippen LogP contribution in [0.4, 0.5) is 5.82 Å². The topological polar surface area (TPSA) is 37.8 Å². The number of hydrogen-bond acceptors (Lipinski definition) is 3. The number of halogens is 1. The SMILES string of the molecule is Cc1cncc(NC2CCc3c(Cl)cccc32)n1. The number of nitrogens with one attached hydrogen (secondary N) is 1. The predicted molar refractivity (Wildman–Crippen MR) is 72.9 cm³/mol. The number of aryl methyl sites for hydroxylation is 1. The van der Waals surface area contributed by atoms with Crippen molar-refractivity contribution in [3.05, 3.63) is 52.4 Å². The predicted octanol–water partition coefficient (Wildman–Crippen LogP) is 3.54. The first-order valence-electron chi connectivity index (χ1n) is 6.06. The Morgan fingerprint density at radius 1 is 1.33 bits per heavy atom. The Kier molecular flexibility index (Phi) is 2.92. The lowest BCUT2D eigenvalue weighted by Crippen LogP contribution is -2.09. The summed E-state index contributed by atoms with van der Waals surface area (Å²) < 4.78 is 0. The largest absolute Gasteiger partial charge is 0.362 e. The van der Waals surface area contributed by atoms with Gasteiger partial charge in [0.2, 0.25) is 0 Å². The van der Waals surface area contributed by atoms with E-state index in [4.69, 9.17) is 11.6 Å². The third-order valence-electron chi connectivity index (χ3n) is 3.29. The molecule has 18 heavy (non-hydrogen) atoms. The van der Waals surface area contributed by atoms with Crippen LogP contribution in [0.15, 0.2) is 30.6 Å². The molecule has 0 saturated carbocycles. The number of nitrogens with zero attached hydrogens (tertiary/aromatic N) is 2. The second-order valence-electron chi connectivity index (χ2n) is 4.59. The molecular weight excluding hydrogens is 246 g/mol. The molecule has 1 aliphatic rings. The van der Waals surface area contributed by atoms with Gasteiger partial charge in [0.1, 0.15) is 5.82 Å². The Balaban J connectivity index is 1.87. The molecular formula is C14H14ClN3. The molecule has 4 heteroatoms. The summed E-state index contributed by atoms with van der Waals surface area (Å²) in [5.41, 5.74) is 3.47. The van der Waals surface area contributed by atoms with E-state index < -0.39 is 0 Å². The van der Waals surface area contributed by atoms with Gasteiger partial charge >= 0.3 is 0 Å². The van der Waals surface area contributed by atoms with Gasteiger partial charge in [-0.1, -0.05) is 23.7 Å². The average Bonchev–Trinajstić information content (AvgIpc) is 2.74. The zero-order valence-corrected chi connectivity index (χ0v) is 10.9. The number of anilines is 1. The van der Waals surface area contributed by atoms with Crippen LogP contribution in [0.25, 0.3) is 0 Å². The van der Waals surface area contributed by atoms with E-state index in [0.29, 0.717) is 0 Å². The molecule has 2 aromatic rings. The highest BCUT2D eigenvalue weighted by molar-refractivity contribution is 6.31. The molecule has 0 saturated heterocycles. The quantitative estimate of drug-likeness (QED) is 0.896. The van der Waals surface area contributed by atoms with Crippen LogP contribution < -0.4 is 5.32 Å². The van der Waals surface area contributed by atoms with E-state index in [1.54, 1.807) is 12.4 Å². The summed E-state index contributed by atoms with van der Waals surface area (Å²) in [5.74, 6) is 0.827. The molecule has 0 bridgehead atoms. The lowest BCUT2D eigenvalue weighted by Gasteiger charge is -2.14. The summed E-state index contributed by atoms with van der Waals surface area (Å²) >= 11 is 6.21. The van der Waals surface area contributed by atoms with Crippen molar-refractivity contribution in [1.82, 2.24) is 9.97 Å². The van der Waals surface area contributed by atoms with Crippen molar-refractivity contribution in [2.24, 2.45) is 0 Å². The number of aromatic nitrogens is 2. The second kappa shape index (κ2) is 4.58. The molecule has 1 N–H and O–H groups in total. The van der Waals surface area contributed by atoms with Crippen LogP contribution in [0.1, 0.15) is 29.3 Å². The molecule has 1 heterocycles. The molecule has 0 amide bonds. The maximum Gasteiger partial charge on any atom is 0.145 e. The van der Waals surface area contributed by atoms with Gasteiger partial charge in [-0.25, -0.2) is 4.98 Å². The third kappa shape index (κ3) is 2.06.